The lowest BCUT2D eigenvalue weighted by atomic mass is 10.0. The molecule has 0 spiro atoms. The molecule has 0 radical (unpaired) electrons. The summed E-state index contributed by atoms with van der Waals surface area (Å²) in [6.45, 7) is 2.92. The van der Waals surface area contributed by atoms with Crippen LogP contribution in [0.2, 0.25) is 5.02 Å². The van der Waals surface area contributed by atoms with Gasteiger partial charge in [0.15, 0.2) is 17.3 Å². The molecule has 2 aromatic carbocycles. The maximum atomic E-state index is 12.7. The average Bonchev–Trinajstić information content (AvgIpc) is 3.21. The van der Waals surface area contributed by atoms with Crippen molar-refractivity contribution in [1.82, 2.24) is 4.90 Å². The summed E-state index contributed by atoms with van der Waals surface area (Å²) in [4.78, 5) is 15.0. The van der Waals surface area contributed by atoms with E-state index in [1.54, 1.807) is 31.4 Å². The Morgan fingerprint density at radius 1 is 1.14 bits per heavy atom. The second kappa shape index (κ2) is 9.13. The Morgan fingerprint density at radius 2 is 1.86 bits per heavy atom. The highest BCUT2D eigenvalue weighted by Crippen LogP contribution is 2.35. The number of carbonyl (C=O) groups excluding carboxylic acids is 1. The summed E-state index contributed by atoms with van der Waals surface area (Å²) in [6, 6.07) is 8.71. The molecule has 28 heavy (non-hydrogen) atoms. The van der Waals surface area contributed by atoms with Crippen LogP contribution in [-0.2, 0) is 6.54 Å². The molecule has 2 aromatic rings. The van der Waals surface area contributed by atoms with Gasteiger partial charge in [-0.05, 0) is 67.9 Å². The third-order valence-electron chi connectivity index (χ3n) is 4.86. The van der Waals surface area contributed by atoms with Gasteiger partial charge in [0.2, 0.25) is 0 Å². The minimum atomic E-state index is -0.117. The Morgan fingerprint density at radius 3 is 2.54 bits per heavy atom. The van der Waals surface area contributed by atoms with Gasteiger partial charge >= 0.3 is 0 Å². The second-order valence-electron chi connectivity index (χ2n) is 6.76. The van der Waals surface area contributed by atoms with Crippen molar-refractivity contribution in [3.05, 3.63) is 58.1 Å². The van der Waals surface area contributed by atoms with Crippen molar-refractivity contribution in [2.75, 3.05) is 27.3 Å². The number of nitrogens with zero attached hydrogens (tertiary/aromatic N) is 1. The van der Waals surface area contributed by atoms with Crippen LogP contribution >= 0.6 is 11.6 Å². The Labute approximate surface area is 170 Å². The fourth-order valence-electron chi connectivity index (χ4n) is 3.35. The molecule has 0 unspecified atom stereocenters. The smallest absolute Gasteiger partial charge is 0.185 e. The Balaban J connectivity index is 1.80. The van der Waals surface area contributed by atoms with Gasteiger partial charge in [-0.2, -0.15) is 0 Å². The van der Waals surface area contributed by atoms with Crippen LogP contribution in [0, 0.1) is 0 Å². The molecule has 0 bridgehead atoms. The SMILES string of the molecule is COc1ccc(C(=O)/C=C/c2cc(Cl)c(O)c(OC)c2)cc1CN1CCCC1. The summed E-state index contributed by atoms with van der Waals surface area (Å²) in [6.07, 6.45) is 5.56. The van der Waals surface area contributed by atoms with Gasteiger partial charge < -0.3 is 14.6 Å². The first-order chi connectivity index (χ1) is 13.5. The lowest BCUT2D eigenvalue weighted by molar-refractivity contribution is 0.104. The molecule has 1 fully saturated rings. The number of likely N-dealkylation sites (tertiary alicyclic amines) is 1. The maximum absolute atomic E-state index is 12.7. The highest BCUT2D eigenvalue weighted by Gasteiger charge is 2.16. The fourth-order valence-corrected chi connectivity index (χ4v) is 3.57. The highest BCUT2D eigenvalue weighted by molar-refractivity contribution is 6.32. The molecule has 6 heteroatoms. The number of hydrogen-bond donors (Lipinski definition) is 1. The second-order valence-corrected chi connectivity index (χ2v) is 7.17. The molecule has 0 atom stereocenters. The van der Waals surface area contributed by atoms with Crippen molar-refractivity contribution in [3.8, 4) is 17.2 Å². The molecular formula is C22H24ClNO4. The van der Waals surface area contributed by atoms with Gasteiger partial charge in [-0.1, -0.05) is 17.7 Å². The fraction of sp³-hybridized carbons (Fsp3) is 0.318. The molecule has 1 saturated heterocycles. The number of ketones is 1. The van der Waals surface area contributed by atoms with E-state index in [4.69, 9.17) is 21.1 Å². The zero-order valence-electron chi connectivity index (χ0n) is 16.1. The summed E-state index contributed by atoms with van der Waals surface area (Å²) < 4.78 is 10.6. The minimum absolute atomic E-state index is 0.116. The van der Waals surface area contributed by atoms with E-state index in [0.29, 0.717) is 11.1 Å². The third-order valence-corrected chi connectivity index (χ3v) is 5.14. The van der Waals surface area contributed by atoms with E-state index in [1.165, 1.54) is 26.0 Å². The third kappa shape index (κ3) is 4.66. The summed E-state index contributed by atoms with van der Waals surface area (Å²) in [5.74, 6) is 0.822. The van der Waals surface area contributed by atoms with Crippen molar-refractivity contribution in [1.29, 1.82) is 0 Å². The van der Waals surface area contributed by atoms with E-state index in [0.717, 1.165) is 30.9 Å². The first kappa shape index (κ1) is 20.2. The summed E-state index contributed by atoms with van der Waals surface area (Å²) in [7, 11) is 3.09. The molecule has 0 aromatic heterocycles. The summed E-state index contributed by atoms with van der Waals surface area (Å²) >= 11 is 6.00. The predicted octanol–water partition coefficient (Wildman–Crippen LogP) is 4.55. The number of aromatic hydroxyl groups is 1. The summed E-state index contributed by atoms with van der Waals surface area (Å²) in [5, 5.41) is 9.98. The van der Waals surface area contributed by atoms with Crippen LogP contribution in [-0.4, -0.2) is 43.1 Å². The quantitative estimate of drug-likeness (QED) is 0.544. The Hall–Kier alpha value is -2.50. The number of ether oxygens (including phenoxy) is 2. The zero-order chi connectivity index (χ0) is 20.1. The van der Waals surface area contributed by atoms with Crippen LogP contribution in [0.4, 0.5) is 0 Å². The van der Waals surface area contributed by atoms with E-state index in [9.17, 15) is 9.90 Å². The lowest BCUT2D eigenvalue weighted by Gasteiger charge is -2.17. The molecule has 1 heterocycles. The molecule has 0 aliphatic carbocycles. The number of hydrogen-bond acceptors (Lipinski definition) is 5. The number of allylic oxidation sites excluding steroid dienone is 1. The number of phenols is 1. The first-order valence-corrected chi connectivity index (χ1v) is 9.58. The average molecular weight is 402 g/mol. The molecule has 1 aliphatic rings. The van der Waals surface area contributed by atoms with E-state index in [2.05, 4.69) is 4.90 Å². The van der Waals surface area contributed by atoms with Gasteiger partial charge in [0.05, 0.1) is 19.2 Å². The first-order valence-electron chi connectivity index (χ1n) is 9.20. The van der Waals surface area contributed by atoms with E-state index in [-0.39, 0.29) is 22.3 Å². The normalized spacial score (nSPS) is 14.5. The number of halogens is 1. The standard InChI is InChI=1S/C22H24ClNO4/c1-27-20-8-6-16(13-17(20)14-24-9-3-4-10-24)19(25)7-5-15-11-18(23)22(26)21(12-15)28-2/h5-8,11-13,26H,3-4,9-10,14H2,1-2H3/b7-5+. The number of phenolic OH excluding ortho intramolecular Hbond substituents is 1. The lowest BCUT2D eigenvalue weighted by Crippen LogP contribution is -2.19. The maximum Gasteiger partial charge on any atom is 0.185 e. The van der Waals surface area contributed by atoms with Crippen molar-refractivity contribution < 1.29 is 19.4 Å². The van der Waals surface area contributed by atoms with Crippen LogP contribution in [0.5, 0.6) is 17.2 Å². The summed E-state index contributed by atoms with van der Waals surface area (Å²) in [5.41, 5.74) is 2.28. The van der Waals surface area contributed by atoms with E-state index in [1.807, 2.05) is 12.1 Å². The van der Waals surface area contributed by atoms with Crippen molar-refractivity contribution in [3.63, 3.8) is 0 Å². The molecule has 3 rings (SSSR count). The Bertz CT molecular complexity index is 888. The molecule has 0 amide bonds. The largest absolute Gasteiger partial charge is 0.503 e. The van der Waals surface area contributed by atoms with Crippen LogP contribution in [0.3, 0.4) is 0 Å². The van der Waals surface area contributed by atoms with Crippen molar-refractivity contribution in [2.45, 2.75) is 19.4 Å². The molecule has 1 N–H and O–H groups in total. The van der Waals surface area contributed by atoms with Gasteiger partial charge in [0.1, 0.15) is 5.75 Å². The van der Waals surface area contributed by atoms with Gasteiger partial charge in [-0.25, -0.2) is 0 Å². The molecular weight excluding hydrogens is 378 g/mol. The topological polar surface area (TPSA) is 59.0 Å². The molecule has 0 saturated carbocycles. The van der Waals surface area contributed by atoms with Crippen LogP contribution in [0.15, 0.2) is 36.4 Å². The van der Waals surface area contributed by atoms with Crippen LogP contribution in [0.25, 0.3) is 6.08 Å². The molecule has 5 nitrogen and oxygen atoms in total. The van der Waals surface area contributed by atoms with Gasteiger partial charge in [-0.15, -0.1) is 0 Å². The zero-order valence-corrected chi connectivity index (χ0v) is 16.8. The highest BCUT2D eigenvalue weighted by atomic mass is 35.5. The number of rotatable bonds is 7. The van der Waals surface area contributed by atoms with Gasteiger partial charge in [0.25, 0.3) is 0 Å². The van der Waals surface area contributed by atoms with E-state index < -0.39 is 0 Å². The van der Waals surface area contributed by atoms with Crippen molar-refractivity contribution in [2.24, 2.45) is 0 Å². The minimum Gasteiger partial charge on any atom is -0.503 e. The molecule has 148 valence electrons. The molecule has 1 aliphatic heterocycles. The van der Waals surface area contributed by atoms with Gasteiger partial charge in [0, 0.05) is 17.7 Å². The van der Waals surface area contributed by atoms with Crippen LogP contribution in [0.1, 0.15) is 34.3 Å². The number of carbonyl (C=O) groups is 1. The van der Waals surface area contributed by atoms with E-state index >= 15 is 0 Å². The van der Waals surface area contributed by atoms with Crippen LogP contribution < -0.4 is 9.47 Å². The van der Waals surface area contributed by atoms with Crippen molar-refractivity contribution >= 4 is 23.5 Å². The number of benzene rings is 2. The van der Waals surface area contributed by atoms with Gasteiger partial charge in [-0.3, -0.25) is 9.69 Å². The monoisotopic (exact) mass is 401 g/mol. The number of methoxy groups -OCH3 is 2. The predicted molar refractivity (Wildman–Crippen MR) is 111 cm³/mol. The Kier molecular flexibility index (Phi) is 6.60.